The van der Waals surface area contributed by atoms with E-state index < -0.39 is 17.7 Å². The monoisotopic (exact) mass is 487 g/mol. The Morgan fingerprint density at radius 3 is 1.97 bits per heavy atom. The first kappa shape index (κ1) is 24.7. The smallest absolute Gasteiger partial charge is 0.300 e. The van der Waals surface area contributed by atoms with E-state index in [0.717, 1.165) is 16.7 Å². The quantitative estimate of drug-likeness (QED) is 0.237. The summed E-state index contributed by atoms with van der Waals surface area (Å²) < 4.78 is 0. The summed E-state index contributed by atoms with van der Waals surface area (Å²) in [4.78, 5) is 28.2. The number of hydrogen-bond donors (Lipinski definition) is 1. The van der Waals surface area contributed by atoms with Crippen molar-refractivity contribution in [3.8, 4) is 0 Å². The highest BCUT2D eigenvalue weighted by molar-refractivity contribution is 6.51. The lowest BCUT2D eigenvalue weighted by molar-refractivity contribution is -0.132. The van der Waals surface area contributed by atoms with Crippen molar-refractivity contribution >= 4 is 34.7 Å². The van der Waals surface area contributed by atoms with Crippen LogP contribution in [-0.2, 0) is 15.0 Å². The van der Waals surface area contributed by atoms with E-state index in [1.54, 1.807) is 24.3 Å². The van der Waals surface area contributed by atoms with E-state index in [1.165, 1.54) is 4.90 Å². The van der Waals surface area contributed by atoms with Crippen LogP contribution in [0.25, 0.3) is 5.76 Å². The molecule has 4 rings (SSSR count). The van der Waals surface area contributed by atoms with Gasteiger partial charge in [-0.05, 0) is 64.4 Å². The second-order valence-electron chi connectivity index (χ2n) is 10.3. The third-order valence-corrected chi connectivity index (χ3v) is 6.74. The normalized spacial score (nSPS) is 17.9. The largest absolute Gasteiger partial charge is 0.507 e. The Morgan fingerprint density at radius 2 is 1.46 bits per heavy atom. The van der Waals surface area contributed by atoms with Crippen LogP contribution in [0.3, 0.4) is 0 Å². The first-order valence-electron chi connectivity index (χ1n) is 11.8. The molecule has 1 amide bonds. The second kappa shape index (κ2) is 9.35. The van der Waals surface area contributed by atoms with Gasteiger partial charge in [-0.15, -0.1) is 0 Å². The lowest BCUT2D eigenvalue weighted by atomic mass is 9.85. The molecule has 0 saturated carbocycles. The van der Waals surface area contributed by atoms with Crippen molar-refractivity contribution in [3.63, 3.8) is 0 Å². The first-order chi connectivity index (χ1) is 16.5. The van der Waals surface area contributed by atoms with E-state index in [2.05, 4.69) is 34.6 Å². The fourth-order valence-corrected chi connectivity index (χ4v) is 4.49. The van der Waals surface area contributed by atoms with Gasteiger partial charge in [-0.25, -0.2) is 0 Å². The topological polar surface area (TPSA) is 57.6 Å². The van der Waals surface area contributed by atoms with E-state index in [0.29, 0.717) is 22.2 Å². The van der Waals surface area contributed by atoms with Crippen molar-refractivity contribution in [2.24, 2.45) is 0 Å². The van der Waals surface area contributed by atoms with Gasteiger partial charge in [-0.2, -0.15) is 0 Å². The van der Waals surface area contributed by atoms with Crippen LogP contribution in [0, 0.1) is 0 Å². The molecule has 0 bridgehead atoms. The van der Waals surface area contributed by atoms with Crippen LogP contribution in [0.15, 0.2) is 78.4 Å². The average molecular weight is 488 g/mol. The Morgan fingerprint density at radius 1 is 0.886 bits per heavy atom. The molecule has 0 aromatic heterocycles. The molecular formula is C30H30ClNO3. The number of nitrogens with zero attached hydrogens (tertiary/aromatic N) is 1. The van der Waals surface area contributed by atoms with Crippen LogP contribution in [0.5, 0.6) is 0 Å². The molecule has 4 nitrogen and oxygen atoms in total. The Balaban J connectivity index is 1.90. The minimum atomic E-state index is -0.760. The Hall–Kier alpha value is -3.37. The molecule has 1 aliphatic heterocycles. The number of amides is 1. The number of anilines is 1. The highest BCUT2D eigenvalue weighted by Crippen LogP contribution is 2.43. The maximum Gasteiger partial charge on any atom is 0.300 e. The lowest BCUT2D eigenvalue weighted by Crippen LogP contribution is -2.29. The third-order valence-electron chi connectivity index (χ3n) is 6.49. The van der Waals surface area contributed by atoms with Crippen LogP contribution < -0.4 is 4.90 Å². The Kier molecular flexibility index (Phi) is 6.61. The zero-order valence-electron chi connectivity index (χ0n) is 20.7. The van der Waals surface area contributed by atoms with Gasteiger partial charge < -0.3 is 5.11 Å². The van der Waals surface area contributed by atoms with Gasteiger partial charge in [-0.3, -0.25) is 14.5 Å². The Labute approximate surface area is 211 Å². The summed E-state index contributed by atoms with van der Waals surface area (Å²) >= 11 is 6.02. The van der Waals surface area contributed by atoms with Crippen molar-refractivity contribution in [1.82, 2.24) is 0 Å². The number of aliphatic hydroxyl groups is 1. The third kappa shape index (κ3) is 4.76. The van der Waals surface area contributed by atoms with Gasteiger partial charge >= 0.3 is 0 Å². The zero-order chi connectivity index (χ0) is 25.5. The lowest BCUT2D eigenvalue weighted by Gasteiger charge is -2.27. The molecule has 1 aliphatic rings. The molecule has 1 unspecified atom stereocenters. The molecule has 0 aliphatic carbocycles. The fraction of sp³-hybridized carbons (Fsp3) is 0.267. The fourth-order valence-electron chi connectivity index (χ4n) is 4.36. The molecule has 0 spiro atoms. The molecule has 1 N–H and O–H groups in total. The molecule has 3 aromatic rings. The van der Waals surface area contributed by atoms with E-state index in [1.807, 2.05) is 48.5 Å². The summed E-state index contributed by atoms with van der Waals surface area (Å²) in [5, 5.41) is 11.7. The number of benzene rings is 3. The van der Waals surface area contributed by atoms with Gasteiger partial charge in [0.25, 0.3) is 11.7 Å². The number of aliphatic hydroxyl groups excluding tert-OH is 1. The number of carbonyl (C=O) groups excluding carboxylic acids is 2. The van der Waals surface area contributed by atoms with Crippen LogP contribution >= 0.6 is 11.6 Å². The van der Waals surface area contributed by atoms with Gasteiger partial charge in [0.1, 0.15) is 5.76 Å². The van der Waals surface area contributed by atoms with E-state index in [4.69, 9.17) is 11.6 Å². The highest BCUT2D eigenvalue weighted by Gasteiger charge is 2.47. The number of hydrogen-bond acceptors (Lipinski definition) is 3. The SMILES string of the molecule is CC(C)c1ccc(N2C(=O)C(=O)/C(=C(\O)c3ccc(Cl)cc3)C2c2ccc(C(C)(C)C)cc2)cc1. The standard InChI is InChI=1S/C30H30ClNO3/c1-18(2)19-10-16-24(17-11-19)32-26(20-6-12-22(13-7-20)30(3,4)5)25(28(34)29(32)35)27(33)21-8-14-23(31)15-9-21/h6-18,26,33H,1-5H3/b27-25-. The van der Waals surface area contributed by atoms with Crippen molar-refractivity contribution in [2.75, 3.05) is 4.90 Å². The Bertz CT molecular complexity index is 1280. The number of rotatable bonds is 4. The number of ketones is 1. The van der Waals surface area contributed by atoms with Gasteiger partial charge in [0.15, 0.2) is 0 Å². The molecule has 5 heteroatoms. The number of halogens is 1. The maximum absolute atomic E-state index is 13.3. The minimum absolute atomic E-state index is 0.0453. The molecule has 1 heterocycles. The average Bonchev–Trinajstić information content (AvgIpc) is 3.09. The molecule has 35 heavy (non-hydrogen) atoms. The molecular weight excluding hydrogens is 458 g/mol. The van der Waals surface area contributed by atoms with E-state index >= 15 is 0 Å². The molecule has 1 saturated heterocycles. The van der Waals surface area contributed by atoms with Gasteiger partial charge in [0, 0.05) is 16.3 Å². The van der Waals surface area contributed by atoms with Crippen molar-refractivity contribution in [2.45, 2.75) is 52.0 Å². The molecule has 3 aromatic carbocycles. The molecule has 180 valence electrons. The minimum Gasteiger partial charge on any atom is -0.507 e. The zero-order valence-corrected chi connectivity index (χ0v) is 21.4. The number of Topliss-reactive ketones (excluding diaryl/α,β-unsaturated/α-hetero) is 1. The van der Waals surface area contributed by atoms with Crippen molar-refractivity contribution < 1.29 is 14.7 Å². The van der Waals surface area contributed by atoms with Gasteiger partial charge in [0.2, 0.25) is 0 Å². The summed E-state index contributed by atoms with van der Waals surface area (Å²) in [6.07, 6.45) is 0. The van der Waals surface area contributed by atoms with Crippen molar-refractivity contribution in [3.05, 3.63) is 106 Å². The second-order valence-corrected chi connectivity index (χ2v) is 10.7. The van der Waals surface area contributed by atoms with Gasteiger partial charge in [0.05, 0.1) is 11.6 Å². The highest BCUT2D eigenvalue weighted by atomic mass is 35.5. The summed E-state index contributed by atoms with van der Waals surface area (Å²) in [5.74, 6) is -1.26. The molecule has 1 atom stereocenters. The van der Waals surface area contributed by atoms with Crippen LogP contribution in [-0.4, -0.2) is 16.8 Å². The molecule has 1 fully saturated rings. The summed E-state index contributed by atoms with van der Waals surface area (Å²) in [5.41, 5.74) is 4.08. The number of carbonyl (C=O) groups is 2. The predicted octanol–water partition coefficient (Wildman–Crippen LogP) is 7.39. The van der Waals surface area contributed by atoms with Crippen molar-refractivity contribution in [1.29, 1.82) is 0 Å². The summed E-state index contributed by atoms with van der Waals surface area (Å²) in [7, 11) is 0. The van der Waals surface area contributed by atoms with E-state index in [-0.39, 0.29) is 16.7 Å². The first-order valence-corrected chi connectivity index (χ1v) is 12.1. The summed E-state index contributed by atoms with van der Waals surface area (Å²) in [6, 6.07) is 21.4. The predicted molar refractivity (Wildman–Crippen MR) is 142 cm³/mol. The summed E-state index contributed by atoms with van der Waals surface area (Å²) in [6.45, 7) is 10.6. The van der Waals surface area contributed by atoms with Gasteiger partial charge in [-0.1, -0.05) is 82.6 Å². The maximum atomic E-state index is 13.3. The van der Waals surface area contributed by atoms with E-state index in [9.17, 15) is 14.7 Å². The molecule has 0 radical (unpaired) electrons. The van der Waals surface area contributed by atoms with Crippen LogP contribution in [0.4, 0.5) is 5.69 Å². The van der Waals surface area contributed by atoms with Crippen LogP contribution in [0.1, 0.15) is 68.8 Å². The van der Waals surface area contributed by atoms with Crippen LogP contribution in [0.2, 0.25) is 5.02 Å².